The molecule has 3 saturated heterocycles. The summed E-state index contributed by atoms with van der Waals surface area (Å²) in [4.78, 5) is 26.3. The summed E-state index contributed by atoms with van der Waals surface area (Å²) >= 11 is 0. The summed E-state index contributed by atoms with van der Waals surface area (Å²) in [7, 11) is -3.05. The van der Waals surface area contributed by atoms with Gasteiger partial charge < -0.3 is 22.9 Å². The van der Waals surface area contributed by atoms with Crippen LogP contribution in [-0.2, 0) is 27.5 Å². The predicted molar refractivity (Wildman–Crippen MR) is 121 cm³/mol. The Morgan fingerprint density at radius 3 is 2.50 bits per heavy atom. The third kappa shape index (κ3) is 4.94. The Kier molecular flexibility index (Phi) is 6.95. The third-order valence-electron chi connectivity index (χ3n) is 6.52. The minimum atomic E-state index is -3.45. The van der Waals surface area contributed by atoms with Gasteiger partial charge in [0.25, 0.3) is 5.56 Å². The van der Waals surface area contributed by atoms with Crippen LogP contribution >= 0.6 is 7.60 Å². The van der Waals surface area contributed by atoms with Gasteiger partial charge in [-0.3, -0.25) is 18.9 Å². The van der Waals surface area contributed by atoms with Crippen molar-refractivity contribution in [3.63, 3.8) is 0 Å². The predicted octanol–water partition coefficient (Wildman–Crippen LogP) is 2.98. The normalized spacial score (nSPS) is 29.0. The van der Waals surface area contributed by atoms with E-state index in [1.165, 1.54) is 36.9 Å². The molecule has 12 heteroatoms. The van der Waals surface area contributed by atoms with E-state index in [0.717, 1.165) is 0 Å². The highest BCUT2D eigenvalue weighted by atomic mass is 31.2. The van der Waals surface area contributed by atoms with Crippen LogP contribution in [-0.4, -0.2) is 56.5 Å². The van der Waals surface area contributed by atoms with Gasteiger partial charge in [0.05, 0.1) is 12.7 Å². The van der Waals surface area contributed by atoms with Crippen LogP contribution < -0.4 is 11.2 Å². The zero-order valence-electron chi connectivity index (χ0n) is 19.6. The van der Waals surface area contributed by atoms with E-state index >= 15 is 0 Å². The first-order valence-corrected chi connectivity index (χ1v) is 15.0. The van der Waals surface area contributed by atoms with Crippen molar-refractivity contribution < 1.29 is 27.5 Å². The van der Waals surface area contributed by atoms with Crippen molar-refractivity contribution in [2.24, 2.45) is 0 Å². The molecule has 0 aromatic carbocycles. The molecule has 32 heavy (non-hydrogen) atoms. The van der Waals surface area contributed by atoms with E-state index in [-0.39, 0.29) is 17.7 Å². The molecular weight excluding hydrogens is 455 g/mol. The van der Waals surface area contributed by atoms with Gasteiger partial charge in [0.15, 0.2) is 14.5 Å². The van der Waals surface area contributed by atoms with Gasteiger partial charge in [0.1, 0.15) is 11.7 Å². The fraction of sp³-hybridized carbons (Fsp3) is 0.700. The van der Waals surface area contributed by atoms with Gasteiger partial charge in [-0.15, -0.1) is 0 Å². The number of nitrogens with one attached hydrogen (secondary N) is 1. The summed E-state index contributed by atoms with van der Waals surface area (Å²) in [5.41, 5.74) is -2.13. The molecule has 0 spiro atoms. The van der Waals surface area contributed by atoms with Gasteiger partial charge in [-0.05, 0) is 24.2 Å². The SMILES string of the molecule is COP(=O)(/C=C/[C@]12CO[C@H](C(O[Si](C)(C)C(C)(C)C)C1)C(n1ccc(=O)[nH]c1=O)O2)OC. The average Bonchev–Trinajstić information content (AvgIpc) is 2.71. The van der Waals surface area contributed by atoms with Crippen LogP contribution in [0.4, 0.5) is 0 Å². The quantitative estimate of drug-likeness (QED) is 0.460. The Balaban J connectivity index is 2.03. The van der Waals surface area contributed by atoms with Crippen LogP contribution in [0, 0.1) is 0 Å². The first-order valence-electron chi connectivity index (χ1n) is 10.5. The highest BCUT2D eigenvalue weighted by molar-refractivity contribution is 7.57. The van der Waals surface area contributed by atoms with Gasteiger partial charge in [-0.2, -0.15) is 0 Å². The molecule has 0 radical (unpaired) electrons. The lowest BCUT2D eigenvalue weighted by Gasteiger charge is -2.54. The van der Waals surface area contributed by atoms with E-state index in [2.05, 4.69) is 38.8 Å². The number of hydrogen-bond acceptors (Lipinski definition) is 8. The molecular formula is C20H33N2O8PSi. The van der Waals surface area contributed by atoms with Crippen LogP contribution in [0.1, 0.15) is 33.4 Å². The Hall–Kier alpha value is -1.33. The fourth-order valence-electron chi connectivity index (χ4n) is 3.60. The molecule has 1 aromatic rings. The molecule has 4 heterocycles. The molecule has 180 valence electrons. The first-order chi connectivity index (χ1) is 14.7. The molecule has 10 nitrogen and oxygen atoms in total. The lowest BCUT2D eigenvalue weighted by atomic mass is 9.87. The zero-order chi connectivity index (χ0) is 23.9. The number of fused-ring (bicyclic) bond motifs is 3. The second-order valence-corrected chi connectivity index (χ2v) is 16.6. The summed E-state index contributed by atoms with van der Waals surface area (Å²) in [6.45, 7) is 10.9. The van der Waals surface area contributed by atoms with Crippen molar-refractivity contribution >= 4 is 15.9 Å². The van der Waals surface area contributed by atoms with Gasteiger partial charge in [-0.1, -0.05) is 20.8 Å². The van der Waals surface area contributed by atoms with Crippen LogP contribution in [0.5, 0.6) is 0 Å². The third-order valence-corrected chi connectivity index (χ3v) is 12.6. The van der Waals surface area contributed by atoms with Crippen molar-refractivity contribution in [2.45, 2.75) is 69.4 Å². The van der Waals surface area contributed by atoms with E-state index in [1.54, 1.807) is 6.08 Å². The molecule has 3 aliphatic rings. The first kappa shape index (κ1) is 25.3. The smallest absolute Gasteiger partial charge is 0.353 e. The molecule has 0 aliphatic carbocycles. The number of H-pyrrole nitrogens is 1. The molecule has 3 fully saturated rings. The van der Waals surface area contributed by atoms with Gasteiger partial charge in [-0.25, -0.2) is 4.79 Å². The molecule has 4 atom stereocenters. The zero-order valence-corrected chi connectivity index (χ0v) is 21.5. The molecule has 3 aliphatic heterocycles. The highest BCUT2D eigenvalue weighted by Crippen LogP contribution is 2.51. The summed E-state index contributed by atoms with van der Waals surface area (Å²) in [6, 6.07) is 1.25. The van der Waals surface area contributed by atoms with Crippen LogP contribution in [0.2, 0.25) is 18.1 Å². The summed E-state index contributed by atoms with van der Waals surface area (Å²) in [6.07, 6.45) is 1.66. The van der Waals surface area contributed by atoms with Gasteiger partial charge in [0.2, 0.25) is 0 Å². The molecule has 4 rings (SSSR count). The Labute approximate surface area is 188 Å². The molecule has 1 aromatic heterocycles. The number of rotatable bonds is 7. The van der Waals surface area contributed by atoms with Crippen molar-refractivity contribution in [3.05, 3.63) is 45.0 Å². The lowest BCUT2D eigenvalue weighted by Crippen LogP contribution is -2.64. The van der Waals surface area contributed by atoms with E-state index in [9.17, 15) is 14.2 Å². The summed E-state index contributed by atoms with van der Waals surface area (Å²) in [5, 5.41) is -0.0420. The van der Waals surface area contributed by atoms with Crippen molar-refractivity contribution in [3.8, 4) is 0 Å². The molecule has 1 N–H and O–H groups in total. The minimum Gasteiger partial charge on any atom is -0.411 e. The number of aromatic nitrogens is 2. The Morgan fingerprint density at radius 1 is 1.28 bits per heavy atom. The van der Waals surface area contributed by atoms with Crippen molar-refractivity contribution in [1.82, 2.24) is 9.55 Å². The van der Waals surface area contributed by atoms with Gasteiger partial charge >= 0.3 is 13.3 Å². The highest BCUT2D eigenvalue weighted by Gasteiger charge is 2.56. The van der Waals surface area contributed by atoms with Crippen molar-refractivity contribution in [2.75, 3.05) is 20.8 Å². The van der Waals surface area contributed by atoms with Crippen LogP contribution in [0.3, 0.4) is 0 Å². The monoisotopic (exact) mass is 488 g/mol. The topological polar surface area (TPSA) is 118 Å². The van der Waals surface area contributed by atoms with E-state index in [4.69, 9.17) is 22.9 Å². The second-order valence-electron chi connectivity index (χ2n) is 9.71. The number of hydrogen-bond donors (Lipinski definition) is 1. The molecule has 2 unspecified atom stereocenters. The average molecular weight is 489 g/mol. The summed E-state index contributed by atoms with van der Waals surface area (Å²) < 4.78 is 43.1. The van der Waals surface area contributed by atoms with E-state index < -0.39 is 45.1 Å². The maximum atomic E-state index is 12.6. The largest absolute Gasteiger partial charge is 0.411 e. The molecule has 2 bridgehead atoms. The molecule has 0 saturated carbocycles. The summed E-state index contributed by atoms with van der Waals surface area (Å²) in [5.74, 6) is 1.35. The maximum Gasteiger partial charge on any atom is 0.353 e. The number of nitrogens with zero attached hydrogens (tertiary/aromatic N) is 1. The van der Waals surface area contributed by atoms with Crippen LogP contribution in [0.25, 0.3) is 0 Å². The van der Waals surface area contributed by atoms with Gasteiger partial charge in [0, 0.05) is 38.7 Å². The second kappa shape index (κ2) is 8.79. The van der Waals surface area contributed by atoms with Crippen LogP contribution in [0.15, 0.2) is 33.7 Å². The van der Waals surface area contributed by atoms with E-state index in [0.29, 0.717) is 6.42 Å². The number of aromatic amines is 1. The minimum absolute atomic E-state index is 0.0420. The fourth-order valence-corrected chi connectivity index (χ4v) is 5.78. The Morgan fingerprint density at radius 2 is 1.94 bits per heavy atom. The number of ether oxygens (including phenoxy) is 2. The maximum absolute atomic E-state index is 12.6. The molecule has 0 amide bonds. The van der Waals surface area contributed by atoms with E-state index in [1.807, 2.05) is 0 Å². The Bertz CT molecular complexity index is 1020. The van der Waals surface area contributed by atoms with Crippen molar-refractivity contribution in [1.29, 1.82) is 0 Å². The standard InChI is InChI=1S/C20H33N2O8PSi/c1-19(2,3)32(6,7)30-14-12-20(9-11-31(25,26-4)27-5)13-28-16(14)17(29-20)22-10-8-15(23)21-18(22)24/h8-11,14,16-17H,12-13H2,1-7H3,(H,21,23,24)/b11-9+/t14?,16-,17?,20-/m1/s1. The lowest BCUT2D eigenvalue weighted by molar-refractivity contribution is -0.305.